The average Bonchev–Trinajstić information content (AvgIpc) is 3.23. The number of halogens is 1. The van der Waals surface area contributed by atoms with Gasteiger partial charge in [0.05, 0.1) is 29.2 Å². The lowest BCUT2D eigenvalue weighted by Crippen LogP contribution is -2.16. The summed E-state index contributed by atoms with van der Waals surface area (Å²) < 4.78 is 0. The Morgan fingerprint density at radius 2 is 1.71 bits per heavy atom. The number of aromatic nitrogens is 1. The first-order valence-electron chi connectivity index (χ1n) is 12.7. The minimum Gasteiger partial charge on any atom is -0.481 e. The van der Waals surface area contributed by atoms with Crippen LogP contribution in [0.5, 0.6) is 0 Å². The fraction of sp³-hybridized carbons (Fsp3) is 0.393. The largest absolute Gasteiger partial charge is 0.481 e. The van der Waals surface area contributed by atoms with E-state index in [0.717, 1.165) is 66.1 Å². The molecule has 5 N–H and O–H groups in total. The van der Waals surface area contributed by atoms with E-state index in [1.54, 1.807) is 11.3 Å². The molecule has 10 heteroatoms. The minimum atomic E-state index is -1.08. The first-order valence-corrected chi connectivity index (χ1v) is 14.0. The van der Waals surface area contributed by atoms with E-state index in [-0.39, 0.29) is 12.8 Å². The van der Waals surface area contributed by atoms with E-state index in [9.17, 15) is 9.59 Å². The molecule has 4 rings (SSSR count). The fourth-order valence-electron chi connectivity index (χ4n) is 3.91. The summed E-state index contributed by atoms with van der Waals surface area (Å²) in [6.45, 7) is 8.12. The topological polar surface area (TPSA) is 124 Å². The maximum Gasteiger partial charge on any atom is 0.303 e. The lowest BCUT2D eigenvalue weighted by molar-refractivity contribution is -0.143. The van der Waals surface area contributed by atoms with Gasteiger partial charge in [0.1, 0.15) is 0 Å². The molecule has 0 radical (unpaired) electrons. The standard InChI is InChI=1S/C24H29ClN4S.C4H6O4/c1-16(2)13-28-24-29-22(15-30-24)19-5-3-17(4-6-19)14-27-23-20-10-12-26-11-9-18(20)7-8-21(23)25;5-3(6)1-2-4(7)8/h3-8,15-16,26-27H,9-14H2,1-2H3,(H,28,29);1-2H2,(H,5,6)(H,7,8). The van der Waals surface area contributed by atoms with Crippen molar-refractivity contribution in [1.29, 1.82) is 0 Å². The number of aliphatic carboxylic acids is 2. The van der Waals surface area contributed by atoms with Gasteiger partial charge in [0.15, 0.2) is 5.13 Å². The molecule has 0 fully saturated rings. The Balaban J connectivity index is 0.000000436. The zero-order valence-electron chi connectivity index (χ0n) is 21.7. The van der Waals surface area contributed by atoms with Gasteiger partial charge in [0.2, 0.25) is 0 Å². The molecule has 0 unspecified atom stereocenters. The third kappa shape index (κ3) is 9.31. The summed E-state index contributed by atoms with van der Waals surface area (Å²) in [5, 5.41) is 30.2. The molecule has 1 aromatic heterocycles. The Morgan fingerprint density at radius 3 is 2.37 bits per heavy atom. The van der Waals surface area contributed by atoms with Crippen molar-refractivity contribution in [2.75, 3.05) is 30.3 Å². The second-order valence-corrected chi connectivity index (χ2v) is 10.7. The Labute approximate surface area is 232 Å². The normalized spacial score (nSPS) is 12.6. The second kappa shape index (κ2) is 14.7. The molecule has 0 amide bonds. The summed E-state index contributed by atoms with van der Waals surface area (Å²) in [6, 6.07) is 12.8. The maximum absolute atomic E-state index is 9.64. The van der Waals surface area contributed by atoms with Crippen LogP contribution in [0.25, 0.3) is 11.3 Å². The van der Waals surface area contributed by atoms with Crippen LogP contribution in [-0.4, -0.2) is 46.8 Å². The van der Waals surface area contributed by atoms with E-state index in [0.29, 0.717) is 5.92 Å². The molecule has 0 saturated heterocycles. The fourth-order valence-corrected chi connectivity index (χ4v) is 4.89. The van der Waals surface area contributed by atoms with Gasteiger partial charge in [-0.15, -0.1) is 11.3 Å². The summed E-state index contributed by atoms with van der Waals surface area (Å²) >= 11 is 8.20. The van der Waals surface area contributed by atoms with Crippen LogP contribution in [0.15, 0.2) is 41.8 Å². The van der Waals surface area contributed by atoms with Crippen molar-refractivity contribution in [2.24, 2.45) is 5.92 Å². The number of thiazole rings is 1. The number of carboxylic acids is 2. The van der Waals surface area contributed by atoms with Gasteiger partial charge in [-0.2, -0.15) is 0 Å². The van der Waals surface area contributed by atoms with E-state index in [1.165, 1.54) is 16.7 Å². The molecular formula is C28H35ClN4O4S. The molecule has 38 heavy (non-hydrogen) atoms. The number of carbonyl (C=O) groups is 2. The van der Waals surface area contributed by atoms with Crippen LogP contribution in [0.1, 0.15) is 43.4 Å². The van der Waals surface area contributed by atoms with Crippen LogP contribution < -0.4 is 16.0 Å². The van der Waals surface area contributed by atoms with Gasteiger partial charge in [-0.25, -0.2) is 4.98 Å². The Morgan fingerprint density at radius 1 is 1.03 bits per heavy atom. The van der Waals surface area contributed by atoms with Gasteiger partial charge in [0, 0.05) is 24.0 Å². The van der Waals surface area contributed by atoms with E-state index in [4.69, 9.17) is 26.8 Å². The molecule has 2 heterocycles. The predicted molar refractivity (Wildman–Crippen MR) is 154 cm³/mol. The van der Waals surface area contributed by atoms with Crippen molar-refractivity contribution < 1.29 is 19.8 Å². The number of anilines is 2. The molecule has 1 aliphatic heterocycles. The lowest BCUT2D eigenvalue weighted by atomic mass is 10.0. The van der Waals surface area contributed by atoms with Crippen LogP contribution in [0.4, 0.5) is 10.8 Å². The first kappa shape index (κ1) is 29.4. The van der Waals surface area contributed by atoms with E-state index < -0.39 is 11.9 Å². The highest BCUT2D eigenvalue weighted by Gasteiger charge is 2.14. The van der Waals surface area contributed by atoms with Gasteiger partial charge in [-0.05, 0) is 54.6 Å². The molecule has 8 nitrogen and oxygen atoms in total. The maximum atomic E-state index is 9.64. The number of fused-ring (bicyclic) bond motifs is 1. The highest BCUT2D eigenvalue weighted by atomic mass is 35.5. The summed E-state index contributed by atoms with van der Waals surface area (Å²) in [5.74, 6) is -1.55. The summed E-state index contributed by atoms with van der Waals surface area (Å²) in [4.78, 5) is 24.0. The van der Waals surface area contributed by atoms with Gasteiger partial charge < -0.3 is 26.2 Å². The van der Waals surface area contributed by atoms with Crippen molar-refractivity contribution in [3.8, 4) is 11.3 Å². The minimum absolute atomic E-state index is 0.296. The van der Waals surface area contributed by atoms with Gasteiger partial charge in [-0.1, -0.05) is 55.8 Å². The third-order valence-electron chi connectivity index (χ3n) is 5.92. The van der Waals surface area contributed by atoms with Gasteiger partial charge in [-0.3, -0.25) is 9.59 Å². The second-order valence-electron chi connectivity index (χ2n) is 9.46. The molecule has 1 aliphatic rings. The smallest absolute Gasteiger partial charge is 0.303 e. The van der Waals surface area contributed by atoms with Crippen molar-refractivity contribution in [1.82, 2.24) is 10.3 Å². The average molecular weight is 559 g/mol. The van der Waals surface area contributed by atoms with Gasteiger partial charge >= 0.3 is 11.9 Å². The first-order chi connectivity index (χ1) is 18.2. The van der Waals surface area contributed by atoms with Crippen LogP contribution in [0.2, 0.25) is 5.02 Å². The van der Waals surface area contributed by atoms with Crippen LogP contribution >= 0.6 is 22.9 Å². The summed E-state index contributed by atoms with van der Waals surface area (Å²) in [5.41, 5.74) is 7.23. The van der Waals surface area contributed by atoms with Crippen molar-refractivity contribution in [3.63, 3.8) is 0 Å². The van der Waals surface area contributed by atoms with Crippen LogP contribution in [0.3, 0.4) is 0 Å². The number of carboxylic acid groups (broad SMARTS) is 2. The highest BCUT2D eigenvalue weighted by Crippen LogP contribution is 2.31. The molecule has 0 saturated carbocycles. The lowest BCUT2D eigenvalue weighted by Gasteiger charge is -2.16. The SMILES string of the molecule is CC(C)CNc1nc(-c2ccc(CNc3c(Cl)ccc4c3CCNCC4)cc2)cs1.O=C(O)CCC(=O)O. The molecule has 2 aromatic carbocycles. The molecule has 204 valence electrons. The molecule has 0 atom stereocenters. The molecule has 0 spiro atoms. The van der Waals surface area contributed by atoms with Crippen molar-refractivity contribution >= 4 is 45.7 Å². The van der Waals surface area contributed by atoms with Crippen molar-refractivity contribution in [2.45, 2.75) is 46.1 Å². The predicted octanol–water partition coefficient (Wildman–Crippen LogP) is 5.77. The zero-order chi connectivity index (χ0) is 27.5. The van der Waals surface area contributed by atoms with Crippen molar-refractivity contribution in [3.05, 3.63) is 63.5 Å². The molecule has 0 aliphatic carbocycles. The third-order valence-corrected chi connectivity index (χ3v) is 7.03. The highest BCUT2D eigenvalue weighted by molar-refractivity contribution is 7.14. The Kier molecular flexibility index (Phi) is 11.4. The van der Waals surface area contributed by atoms with Crippen LogP contribution in [-0.2, 0) is 29.0 Å². The quantitative estimate of drug-likeness (QED) is 0.212. The number of nitrogens with one attached hydrogen (secondary N) is 3. The number of hydrogen-bond donors (Lipinski definition) is 5. The van der Waals surface area contributed by atoms with Gasteiger partial charge in [0.25, 0.3) is 0 Å². The molecule has 3 aromatic rings. The number of rotatable bonds is 10. The Bertz CT molecular complexity index is 1200. The molecule has 0 bridgehead atoms. The van der Waals surface area contributed by atoms with E-state index in [2.05, 4.69) is 65.5 Å². The van der Waals surface area contributed by atoms with E-state index >= 15 is 0 Å². The summed E-state index contributed by atoms with van der Waals surface area (Å²) in [7, 11) is 0. The number of nitrogens with zero attached hydrogens (tertiary/aromatic N) is 1. The molecular weight excluding hydrogens is 524 g/mol. The Hall–Kier alpha value is -3.14. The monoisotopic (exact) mass is 558 g/mol. The number of hydrogen-bond acceptors (Lipinski definition) is 7. The zero-order valence-corrected chi connectivity index (χ0v) is 23.3. The van der Waals surface area contributed by atoms with E-state index in [1.807, 2.05) is 6.07 Å². The van der Waals surface area contributed by atoms with Crippen LogP contribution in [0, 0.1) is 5.92 Å². The summed E-state index contributed by atoms with van der Waals surface area (Å²) in [6.07, 6.45) is 1.47. The number of benzene rings is 2.